The number of nitrogens with two attached hydrogens (primary N) is 1. The highest BCUT2D eigenvalue weighted by Crippen LogP contribution is 2.31. The van der Waals surface area contributed by atoms with Gasteiger partial charge in [-0.3, -0.25) is 0 Å². The van der Waals surface area contributed by atoms with E-state index in [9.17, 15) is 0 Å². The summed E-state index contributed by atoms with van der Waals surface area (Å²) in [7, 11) is 2.00. The molecular formula is C19H22IN5O. The van der Waals surface area contributed by atoms with Gasteiger partial charge in [-0.25, -0.2) is 9.98 Å². The van der Waals surface area contributed by atoms with Crippen LogP contribution in [-0.4, -0.2) is 22.1 Å². The van der Waals surface area contributed by atoms with Crippen LogP contribution in [0.25, 0.3) is 11.0 Å². The van der Waals surface area contributed by atoms with Gasteiger partial charge >= 0.3 is 0 Å². The van der Waals surface area contributed by atoms with E-state index in [4.69, 9.17) is 10.5 Å². The second-order valence-electron chi connectivity index (χ2n) is 6.15. The maximum Gasteiger partial charge on any atom is 0.189 e. The molecule has 1 aromatic heterocycles. The molecule has 0 amide bonds. The summed E-state index contributed by atoms with van der Waals surface area (Å²) in [6.07, 6.45) is 0.861. The first-order valence-corrected chi connectivity index (χ1v) is 8.41. The van der Waals surface area contributed by atoms with Crippen molar-refractivity contribution < 1.29 is 4.74 Å². The molecule has 1 aliphatic heterocycles. The first-order valence-electron chi connectivity index (χ1n) is 8.41. The van der Waals surface area contributed by atoms with Crippen LogP contribution in [0.3, 0.4) is 0 Å². The molecule has 0 aliphatic carbocycles. The molecule has 0 radical (unpaired) electrons. The number of hydrogen-bond acceptors (Lipinski definition) is 3. The Balaban J connectivity index is 0.00000196. The summed E-state index contributed by atoms with van der Waals surface area (Å²) in [5, 5.41) is 3.31. The first-order chi connectivity index (χ1) is 12.2. The number of hydrogen-bond donors (Lipinski definition) is 2. The van der Waals surface area contributed by atoms with Crippen molar-refractivity contribution in [1.82, 2.24) is 14.9 Å². The zero-order chi connectivity index (χ0) is 17.2. The van der Waals surface area contributed by atoms with E-state index in [2.05, 4.69) is 32.0 Å². The van der Waals surface area contributed by atoms with Gasteiger partial charge in [0.1, 0.15) is 18.1 Å². The van der Waals surface area contributed by atoms with E-state index >= 15 is 0 Å². The Hall–Kier alpha value is -2.29. The van der Waals surface area contributed by atoms with Gasteiger partial charge in [-0.15, -0.1) is 24.0 Å². The number of fused-ring (bicyclic) bond motifs is 2. The van der Waals surface area contributed by atoms with Crippen LogP contribution >= 0.6 is 24.0 Å². The van der Waals surface area contributed by atoms with Crippen molar-refractivity contribution in [2.24, 2.45) is 17.8 Å². The number of aliphatic imine (C=N–C) groups is 1. The second-order valence-corrected chi connectivity index (χ2v) is 6.15. The lowest BCUT2D eigenvalue weighted by Gasteiger charge is -2.26. The van der Waals surface area contributed by atoms with E-state index in [1.165, 1.54) is 0 Å². The summed E-state index contributed by atoms with van der Waals surface area (Å²) in [5.74, 6) is 2.22. The molecule has 0 fully saturated rings. The van der Waals surface area contributed by atoms with Crippen molar-refractivity contribution in [1.29, 1.82) is 0 Å². The lowest BCUT2D eigenvalue weighted by atomic mass is 10.0. The third kappa shape index (κ3) is 3.62. The van der Waals surface area contributed by atoms with Crippen molar-refractivity contribution >= 4 is 41.0 Å². The van der Waals surface area contributed by atoms with Gasteiger partial charge in [0.05, 0.1) is 23.7 Å². The normalized spacial score (nSPS) is 16.5. The van der Waals surface area contributed by atoms with Gasteiger partial charge in [0.2, 0.25) is 0 Å². The minimum absolute atomic E-state index is 0. The molecule has 136 valence electrons. The molecular weight excluding hydrogens is 441 g/mol. The number of para-hydroxylation sites is 3. The monoisotopic (exact) mass is 463 g/mol. The molecule has 3 aromatic rings. The fourth-order valence-electron chi connectivity index (χ4n) is 3.21. The summed E-state index contributed by atoms with van der Waals surface area (Å²) in [5.41, 5.74) is 9.30. The van der Waals surface area contributed by atoms with Crippen molar-refractivity contribution in [2.45, 2.75) is 19.0 Å². The largest absolute Gasteiger partial charge is 0.493 e. The summed E-state index contributed by atoms with van der Waals surface area (Å²) in [4.78, 5) is 9.10. The van der Waals surface area contributed by atoms with Crippen molar-refractivity contribution in [3.8, 4) is 5.75 Å². The zero-order valence-electron chi connectivity index (χ0n) is 14.6. The standard InChI is InChI=1S/C19H21N5O.HI/c1-24-16-8-4-3-7-15(16)22-18(24)12-21-19(20)23-14-10-11-25-17-9-5-2-6-13(14)17;/h2-9,14H,10-12H2,1H3,(H3,20,21,23);1H. The van der Waals surface area contributed by atoms with Crippen LogP contribution in [0, 0.1) is 0 Å². The van der Waals surface area contributed by atoms with Crippen LogP contribution in [0.2, 0.25) is 0 Å². The lowest BCUT2D eigenvalue weighted by Crippen LogP contribution is -2.37. The smallest absolute Gasteiger partial charge is 0.189 e. The number of rotatable bonds is 3. The van der Waals surface area contributed by atoms with Gasteiger partial charge in [0, 0.05) is 19.0 Å². The van der Waals surface area contributed by atoms with Crippen molar-refractivity contribution in [3.63, 3.8) is 0 Å². The first kappa shape index (κ1) is 18.5. The molecule has 0 spiro atoms. The number of imidazole rings is 1. The maximum atomic E-state index is 6.11. The molecule has 1 unspecified atom stereocenters. The Labute approximate surface area is 169 Å². The van der Waals surface area contributed by atoms with E-state index in [0.29, 0.717) is 19.1 Å². The van der Waals surface area contributed by atoms with Crippen LogP contribution in [0.5, 0.6) is 5.75 Å². The minimum atomic E-state index is 0. The van der Waals surface area contributed by atoms with E-state index in [1.54, 1.807) is 0 Å². The molecule has 26 heavy (non-hydrogen) atoms. The molecule has 3 N–H and O–H groups in total. The predicted octanol–water partition coefficient (Wildman–Crippen LogP) is 3.12. The van der Waals surface area contributed by atoms with Crippen LogP contribution in [0.4, 0.5) is 0 Å². The van der Waals surface area contributed by atoms with Crippen LogP contribution in [0.15, 0.2) is 53.5 Å². The maximum absolute atomic E-state index is 6.11. The Morgan fingerprint density at radius 1 is 1.27 bits per heavy atom. The van der Waals surface area contributed by atoms with Gasteiger partial charge in [-0.2, -0.15) is 0 Å². The number of halogens is 1. The number of nitrogens with one attached hydrogen (secondary N) is 1. The van der Waals surface area contributed by atoms with Crippen LogP contribution < -0.4 is 15.8 Å². The van der Waals surface area contributed by atoms with Crippen LogP contribution in [0.1, 0.15) is 23.9 Å². The van der Waals surface area contributed by atoms with E-state index < -0.39 is 0 Å². The Kier molecular flexibility index (Phi) is 5.65. The number of nitrogens with zero attached hydrogens (tertiary/aromatic N) is 3. The number of ether oxygens (including phenoxy) is 1. The highest BCUT2D eigenvalue weighted by atomic mass is 127. The topological polar surface area (TPSA) is 77.5 Å². The van der Waals surface area contributed by atoms with Gasteiger partial charge in [-0.1, -0.05) is 30.3 Å². The van der Waals surface area contributed by atoms with Crippen molar-refractivity contribution in [3.05, 3.63) is 59.9 Å². The zero-order valence-corrected chi connectivity index (χ0v) is 16.9. The number of aryl methyl sites for hydroxylation is 1. The van der Waals surface area contributed by atoms with Gasteiger partial charge in [-0.05, 0) is 18.2 Å². The molecule has 0 saturated heterocycles. The van der Waals surface area contributed by atoms with Gasteiger partial charge < -0.3 is 20.4 Å². The van der Waals surface area contributed by atoms with E-state index in [1.807, 2.05) is 43.4 Å². The quantitative estimate of drug-likeness (QED) is 0.356. The predicted molar refractivity (Wildman–Crippen MR) is 114 cm³/mol. The summed E-state index contributed by atoms with van der Waals surface area (Å²) >= 11 is 0. The average Bonchev–Trinajstić information content (AvgIpc) is 2.97. The molecule has 0 saturated carbocycles. The summed E-state index contributed by atoms with van der Waals surface area (Å²) in [6.45, 7) is 1.11. The Morgan fingerprint density at radius 3 is 2.88 bits per heavy atom. The molecule has 0 bridgehead atoms. The Bertz CT molecular complexity index is 937. The fourth-order valence-corrected chi connectivity index (χ4v) is 3.21. The molecule has 6 nitrogen and oxygen atoms in total. The molecule has 1 atom stereocenters. The SMILES string of the molecule is Cn1c(CN=C(N)NC2CCOc3ccccc32)nc2ccccc21.I. The number of benzene rings is 2. The summed E-state index contributed by atoms with van der Waals surface area (Å²) in [6, 6.07) is 16.2. The van der Waals surface area contributed by atoms with Crippen LogP contribution in [-0.2, 0) is 13.6 Å². The summed E-state index contributed by atoms with van der Waals surface area (Å²) < 4.78 is 7.73. The number of aromatic nitrogens is 2. The van der Waals surface area contributed by atoms with Crippen molar-refractivity contribution in [2.75, 3.05) is 6.61 Å². The Morgan fingerprint density at radius 2 is 2.04 bits per heavy atom. The number of guanidine groups is 1. The van der Waals surface area contributed by atoms with E-state index in [-0.39, 0.29) is 30.0 Å². The van der Waals surface area contributed by atoms with Gasteiger partial charge in [0.15, 0.2) is 5.96 Å². The highest BCUT2D eigenvalue weighted by Gasteiger charge is 2.21. The minimum Gasteiger partial charge on any atom is -0.493 e. The van der Waals surface area contributed by atoms with E-state index in [0.717, 1.165) is 34.6 Å². The van der Waals surface area contributed by atoms with Gasteiger partial charge in [0.25, 0.3) is 0 Å². The molecule has 1 aliphatic rings. The second kappa shape index (κ2) is 7.94. The highest BCUT2D eigenvalue weighted by molar-refractivity contribution is 14.0. The third-order valence-corrected chi connectivity index (χ3v) is 4.55. The third-order valence-electron chi connectivity index (χ3n) is 4.55. The molecule has 2 heterocycles. The molecule has 2 aromatic carbocycles. The lowest BCUT2D eigenvalue weighted by molar-refractivity contribution is 0.262. The molecule has 4 rings (SSSR count). The fraction of sp³-hybridized carbons (Fsp3) is 0.263. The molecule has 7 heteroatoms. The average molecular weight is 463 g/mol.